The van der Waals surface area contributed by atoms with Gasteiger partial charge in [-0.05, 0) is 18.1 Å². The van der Waals surface area contributed by atoms with E-state index in [1.54, 1.807) is 4.68 Å². The lowest BCUT2D eigenvalue weighted by atomic mass is 10.1. The van der Waals surface area contributed by atoms with Crippen molar-refractivity contribution in [3.8, 4) is 5.88 Å². The minimum atomic E-state index is 0.476. The van der Waals surface area contributed by atoms with Crippen LogP contribution in [0.5, 0.6) is 5.88 Å². The standard InChI is InChI=1S/C16H23N3O/c1-12(2)17-10-14-7-5-6-8-15(14)11-20-16-9-13(3)18-19(16)4/h5-9,12,17H,10-11H2,1-4H3. The lowest BCUT2D eigenvalue weighted by Gasteiger charge is -2.13. The highest BCUT2D eigenvalue weighted by Crippen LogP contribution is 2.15. The Morgan fingerprint density at radius 1 is 1.25 bits per heavy atom. The molecule has 0 fully saturated rings. The molecule has 0 bridgehead atoms. The number of ether oxygens (including phenoxy) is 1. The quantitative estimate of drug-likeness (QED) is 0.879. The van der Waals surface area contributed by atoms with E-state index in [2.05, 4.69) is 42.5 Å². The monoisotopic (exact) mass is 273 g/mol. The van der Waals surface area contributed by atoms with Crippen molar-refractivity contribution in [3.05, 3.63) is 47.2 Å². The van der Waals surface area contributed by atoms with Crippen molar-refractivity contribution >= 4 is 0 Å². The van der Waals surface area contributed by atoms with E-state index in [0.29, 0.717) is 12.6 Å². The van der Waals surface area contributed by atoms with Crippen molar-refractivity contribution < 1.29 is 4.74 Å². The first kappa shape index (κ1) is 14.6. The third-order valence-corrected chi connectivity index (χ3v) is 3.15. The summed E-state index contributed by atoms with van der Waals surface area (Å²) in [5.74, 6) is 0.800. The number of nitrogens with zero attached hydrogens (tertiary/aromatic N) is 2. The van der Waals surface area contributed by atoms with Gasteiger partial charge < -0.3 is 10.1 Å². The Morgan fingerprint density at radius 3 is 2.55 bits per heavy atom. The third kappa shape index (κ3) is 3.84. The fourth-order valence-corrected chi connectivity index (χ4v) is 2.06. The van der Waals surface area contributed by atoms with Gasteiger partial charge >= 0.3 is 0 Å². The smallest absolute Gasteiger partial charge is 0.212 e. The minimum Gasteiger partial charge on any atom is -0.473 e. The Morgan fingerprint density at radius 2 is 1.95 bits per heavy atom. The van der Waals surface area contributed by atoms with Crippen LogP contribution >= 0.6 is 0 Å². The summed E-state index contributed by atoms with van der Waals surface area (Å²) in [5, 5.41) is 7.73. The molecule has 4 heteroatoms. The first-order valence-electron chi connectivity index (χ1n) is 7.00. The summed E-state index contributed by atoms with van der Waals surface area (Å²) < 4.78 is 7.63. The van der Waals surface area contributed by atoms with Crippen LogP contribution < -0.4 is 10.1 Å². The van der Waals surface area contributed by atoms with Crippen LogP contribution in [0.1, 0.15) is 30.7 Å². The van der Waals surface area contributed by atoms with Gasteiger partial charge in [-0.3, -0.25) is 0 Å². The van der Waals surface area contributed by atoms with E-state index in [1.807, 2.05) is 26.1 Å². The van der Waals surface area contributed by atoms with Gasteiger partial charge in [0.25, 0.3) is 0 Å². The maximum atomic E-state index is 5.86. The second-order valence-electron chi connectivity index (χ2n) is 5.34. The normalized spacial score (nSPS) is 11.1. The fraction of sp³-hybridized carbons (Fsp3) is 0.438. The van der Waals surface area contributed by atoms with E-state index in [4.69, 9.17) is 4.74 Å². The molecule has 20 heavy (non-hydrogen) atoms. The maximum absolute atomic E-state index is 5.86. The number of nitrogens with one attached hydrogen (secondary N) is 1. The van der Waals surface area contributed by atoms with Gasteiger partial charge in [0, 0.05) is 25.7 Å². The van der Waals surface area contributed by atoms with Crippen LogP contribution in [0.15, 0.2) is 30.3 Å². The molecule has 0 saturated heterocycles. The number of hydrogen-bond donors (Lipinski definition) is 1. The van der Waals surface area contributed by atoms with Crippen molar-refractivity contribution in [3.63, 3.8) is 0 Å². The molecule has 0 aliphatic carbocycles. The van der Waals surface area contributed by atoms with Crippen molar-refractivity contribution in [1.82, 2.24) is 15.1 Å². The molecular formula is C16H23N3O. The van der Waals surface area contributed by atoms with E-state index >= 15 is 0 Å². The highest BCUT2D eigenvalue weighted by molar-refractivity contribution is 5.27. The van der Waals surface area contributed by atoms with Crippen LogP contribution in [0.25, 0.3) is 0 Å². The second kappa shape index (κ2) is 6.57. The number of hydrogen-bond acceptors (Lipinski definition) is 3. The van der Waals surface area contributed by atoms with Gasteiger partial charge in [0.1, 0.15) is 6.61 Å². The topological polar surface area (TPSA) is 39.1 Å². The van der Waals surface area contributed by atoms with Gasteiger partial charge in [0.05, 0.1) is 5.69 Å². The van der Waals surface area contributed by atoms with E-state index in [9.17, 15) is 0 Å². The molecular weight excluding hydrogens is 250 g/mol. The SMILES string of the molecule is Cc1cc(OCc2ccccc2CNC(C)C)n(C)n1. The van der Waals surface area contributed by atoms with Gasteiger partial charge in [-0.1, -0.05) is 38.1 Å². The summed E-state index contributed by atoms with van der Waals surface area (Å²) in [7, 11) is 1.90. The molecule has 1 heterocycles. The molecule has 0 radical (unpaired) electrons. The average molecular weight is 273 g/mol. The molecule has 108 valence electrons. The lowest BCUT2D eigenvalue weighted by Crippen LogP contribution is -2.22. The average Bonchev–Trinajstić information content (AvgIpc) is 2.73. The number of aryl methyl sites for hydroxylation is 2. The molecule has 0 amide bonds. The third-order valence-electron chi connectivity index (χ3n) is 3.15. The first-order valence-corrected chi connectivity index (χ1v) is 7.00. The largest absolute Gasteiger partial charge is 0.473 e. The molecule has 1 N–H and O–H groups in total. The Balaban J connectivity index is 2.03. The second-order valence-corrected chi connectivity index (χ2v) is 5.34. The van der Waals surface area contributed by atoms with Crippen molar-refractivity contribution in [1.29, 1.82) is 0 Å². The van der Waals surface area contributed by atoms with E-state index in [0.717, 1.165) is 18.1 Å². The molecule has 2 rings (SSSR count). The van der Waals surface area contributed by atoms with Crippen LogP contribution in [-0.2, 0) is 20.2 Å². The predicted molar refractivity (Wildman–Crippen MR) is 80.7 cm³/mol. The molecule has 0 unspecified atom stereocenters. The molecule has 0 atom stereocenters. The molecule has 4 nitrogen and oxygen atoms in total. The Labute approximate surface area is 120 Å². The van der Waals surface area contributed by atoms with Gasteiger partial charge in [-0.2, -0.15) is 5.10 Å². The zero-order valence-electron chi connectivity index (χ0n) is 12.7. The Hall–Kier alpha value is -1.81. The summed E-state index contributed by atoms with van der Waals surface area (Å²) in [4.78, 5) is 0. The first-order chi connectivity index (χ1) is 9.56. The molecule has 2 aromatic rings. The van der Waals surface area contributed by atoms with Crippen LogP contribution in [0.3, 0.4) is 0 Å². The van der Waals surface area contributed by atoms with Crippen LogP contribution in [0, 0.1) is 6.92 Å². The summed E-state index contributed by atoms with van der Waals surface area (Å²) in [6, 6.07) is 10.8. The number of aromatic nitrogens is 2. The molecule has 0 aliphatic rings. The van der Waals surface area contributed by atoms with Crippen molar-refractivity contribution in [2.75, 3.05) is 0 Å². The molecule has 0 aliphatic heterocycles. The van der Waals surface area contributed by atoms with Crippen molar-refractivity contribution in [2.24, 2.45) is 7.05 Å². The molecule has 1 aromatic carbocycles. The van der Waals surface area contributed by atoms with E-state index in [1.165, 1.54) is 11.1 Å². The van der Waals surface area contributed by atoms with Crippen LogP contribution in [0.4, 0.5) is 0 Å². The van der Waals surface area contributed by atoms with E-state index < -0.39 is 0 Å². The summed E-state index contributed by atoms with van der Waals surface area (Å²) in [6.07, 6.45) is 0. The summed E-state index contributed by atoms with van der Waals surface area (Å²) >= 11 is 0. The Bertz CT molecular complexity index is 561. The summed E-state index contributed by atoms with van der Waals surface area (Å²) in [5.41, 5.74) is 3.46. The van der Waals surface area contributed by atoms with Crippen LogP contribution in [0.2, 0.25) is 0 Å². The van der Waals surface area contributed by atoms with Crippen LogP contribution in [-0.4, -0.2) is 15.8 Å². The highest BCUT2D eigenvalue weighted by Gasteiger charge is 2.06. The van der Waals surface area contributed by atoms with Gasteiger partial charge in [-0.15, -0.1) is 0 Å². The van der Waals surface area contributed by atoms with E-state index in [-0.39, 0.29) is 0 Å². The molecule has 0 saturated carbocycles. The highest BCUT2D eigenvalue weighted by atomic mass is 16.5. The minimum absolute atomic E-state index is 0.476. The Kier molecular flexibility index (Phi) is 4.79. The zero-order valence-corrected chi connectivity index (χ0v) is 12.7. The summed E-state index contributed by atoms with van der Waals surface area (Å²) in [6.45, 7) is 7.69. The van der Waals surface area contributed by atoms with Gasteiger partial charge in [0.15, 0.2) is 0 Å². The van der Waals surface area contributed by atoms with Gasteiger partial charge in [0.2, 0.25) is 5.88 Å². The number of rotatable bonds is 6. The fourth-order valence-electron chi connectivity index (χ4n) is 2.06. The predicted octanol–water partition coefficient (Wildman–Crippen LogP) is 2.81. The maximum Gasteiger partial charge on any atom is 0.212 e. The number of benzene rings is 1. The van der Waals surface area contributed by atoms with Crippen molar-refractivity contribution in [2.45, 2.75) is 40.0 Å². The lowest BCUT2D eigenvalue weighted by molar-refractivity contribution is 0.277. The zero-order chi connectivity index (χ0) is 14.5. The van der Waals surface area contributed by atoms with Gasteiger partial charge in [-0.25, -0.2) is 4.68 Å². The molecule has 0 spiro atoms. The molecule has 1 aromatic heterocycles.